The van der Waals surface area contributed by atoms with Crippen LogP contribution in [0.25, 0.3) is 5.65 Å². The van der Waals surface area contributed by atoms with Crippen molar-refractivity contribution in [1.29, 1.82) is 0 Å². The molecule has 1 aromatic carbocycles. The largest absolute Gasteiger partial charge is 0.325 e. The summed E-state index contributed by atoms with van der Waals surface area (Å²) in [6.45, 7) is 4.56. The van der Waals surface area contributed by atoms with Crippen LogP contribution >= 0.6 is 0 Å². The van der Waals surface area contributed by atoms with E-state index < -0.39 is 10.0 Å². The van der Waals surface area contributed by atoms with E-state index in [1.54, 1.807) is 36.6 Å². The fraction of sp³-hybridized carbons (Fsp3) is 0.381. The van der Waals surface area contributed by atoms with Crippen molar-refractivity contribution in [2.45, 2.75) is 44.4 Å². The number of anilines is 1. The normalized spacial score (nSPS) is 15.3. The number of para-hydroxylation sites is 1. The van der Waals surface area contributed by atoms with Crippen molar-refractivity contribution in [3.63, 3.8) is 0 Å². The minimum absolute atomic E-state index is 0.00108. The van der Waals surface area contributed by atoms with Crippen LogP contribution in [0.4, 0.5) is 5.69 Å². The van der Waals surface area contributed by atoms with Gasteiger partial charge < -0.3 is 5.32 Å². The first-order valence-electron chi connectivity index (χ1n) is 10.2. The third-order valence-electron chi connectivity index (χ3n) is 5.63. The summed E-state index contributed by atoms with van der Waals surface area (Å²) < 4.78 is 29.3. The predicted molar refractivity (Wildman–Crippen MR) is 117 cm³/mol. The molecule has 1 amide bonds. The Labute approximate surface area is 180 Å². The highest BCUT2D eigenvalue weighted by Crippen LogP contribution is 2.27. The van der Waals surface area contributed by atoms with Gasteiger partial charge in [-0.25, -0.2) is 17.9 Å². The van der Waals surface area contributed by atoms with Crippen molar-refractivity contribution in [2.24, 2.45) is 0 Å². The van der Waals surface area contributed by atoms with Crippen molar-refractivity contribution in [3.05, 3.63) is 57.6 Å². The van der Waals surface area contributed by atoms with Gasteiger partial charge in [0.25, 0.3) is 5.56 Å². The number of nitrogens with zero attached hydrogens (tertiary/aromatic N) is 3. The zero-order valence-electron chi connectivity index (χ0n) is 17.5. The molecular formula is C21H25N5O4S. The number of aromatic amines is 1. The number of hydrogen-bond donors (Lipinski definition) is 2. The summed E-state index contributed by atoms with van der Waals surface area (Å²) in [5.74, 6) is -0.358. The lowest BCUT2D eigenvalue weighted by Crippen LogP contribution is -2.36. The summed E-state index contributed by atoms with van der Waals surface area (Å²) in [6.07, 6.45) is 2.69. The van der Waals surface area contributed by atoms with Crippen LogP contribution in [0, 0.1) is 13.8 Å². The highest BCUT2D eigenvalue weighted by molar-refractivity contribution is 7.89. The molecule has 9 nitrogen and oxygen atoms in total. The lowest BCUT2D eigenvalue weighted by Gasteiger charge is -2.26. The number of rotatable bonds is 5. The molecule has 3 aromatic rings. The quantitative estimate of drug-likeness (QED) is 0.626. The van der Waals surface area contributed by atoms with Gasteiger partial charge in [-0.05, 0) is 38.8 Å². The smallest absolute Gasteiger partial charge is 0.266 e. The number of amides is 1. The number of sulfonamides is 1. The van der Waals surface area contributed by atoms with Gasteiger partial charge in [0.15, 0.2) is 5.65 Å². The SMILES string of the molecule is Cc1nc2cc(=O)[nH]n2c(C)c1CC(=O)Nc1ccccc1S(=O)(=O)N1CCCCC1. The van der Waals surface area contributed by atoms with E-state index in [1.807, 2.05) is 0 Å². The van der Waals surface area contributed by atoms with Gasteiger partial charge in [0.1, 0.15) is 4.90 Å². The summed E-state index contributed by atoms with van der Waals surface area (Å²) in [7, 11) is -3.69. The summed E-state index contributed by atoms with van der Waals surface area (Å²) in [5, 5.41) is 5.42. The second kappa shape index (κ2) is 8.27. The van der Waals surface area contributed by atoms with Gasteiger partial charge in [-0.2, -0.15) is 4.31 Å². The highest BCUT2D eigenvalue weighted by atomic mass is 32.2. The number of nitrogens with one attached hydrogen (secondary N) is 2. The first-order valence-corrected chi connectivity index (χ1v) is 11.7. The second-order valence-corrected chi connectivity index (χ2v) is 9.67. The number of aromatic nitrogens is 3. The standard InChI is InChI=1S/C21H25N5O4S/c1-14-16(15(2)26-19(22-14)13-21(28)24-26)12-20(27)23-17-8-4-5-9-18(17)31(29,30)25-10-6-3-7-11-25/h4-5,8-9,13H,3,6-7,10-12H2,1-2H3,(H,23,27)(H,24,28). The molecule has 164 valence electrons. The molecule has 4 rings (SSSR count). The third-order valence-corrected chi connectivity index (χ3v) is 7.59. The molecule has 1 aliphatic heterocycles. The zero-order valence-corrected chi connectivity index (χ0v) is 18.3. The number of fused-ring (bicyclic) bond motifs is 1. The molecule has 0 unspecified atom stereocenters. The Balaban J connectivity index is 1.60. The first kappa shape index (κ1) is 21.3. The van der Waals surface area contributed by atoms with Crippen LogP contribution in [0.1, 0.15) is 36.2 Å². The van der Waals surface area contributed by atoms with Gasteiger partial charge in [0.2, 0.25) is 15.9 Å². The molecule has 0 spiro atoms. The average Bonchev–Trinajstić information content (AvgIpc) is 3.12. The van der Waals surface area contributed by atoms with Gasteiger partial charge in [-0.3, -0.25) is 14.7 Å². The molecular weight excluding hydrogens is 418 g/mol. The molecule has 2 aromatic heterocycles. The van der Waals surface area contributed by atoms with E-state index in [1.165, 1.54) is 16.4 Å². The van der Waals surface area contributed by atoms with Gasteiger partial charge in [-0.1, -0.05) is 18.6 Å². The van der Waals surface area contributed by atoms with Gasteiger partial charge in [0.05, 0.1) is 12.1 Å². The molecule has 1 fully saturated rings. The molecule has 31 heavy (non-hydrogen) atoms. The van der Waals surface area contributed by atoms with Crippen LogP contribution in [0.3, 0.4) is 0 Å². The van der Waals surface area contributed by atoms with E-state index in [4.69, 9.17) is 0 Å². The molecule has 2 N–H and O–H groups in total. The summed E-state index contributed by atoms with van der Waals surface area (Å²) in [6, 6.07) is 7.86. The van der Waals surface area contributed by atoms with E-state index in [0.717, 1.165) is 19.3 Å². The number of carbonyl (C=O) groups is 1. The fourth-order valence-electron chi connectivity index (χ4n) is 4.01. The highest BCUT2D eigenvalue weighted by Gasteiger charge is 2.28. The van der Waals surface area contributed by atoms with Crippen molar-refractivity contribution < 1.29 is 13.2 Å². The molecule has 0 radical (unpaired) electrons. The number of carbonyl (C=O) groups excluding carboxylic acids is 1. The molecule has 3 heterocycles. The van der Waals surface area contributed by atoms with E-state index in [-0.39, 0.29) is 28.5 Å². The Morgan fingerprint density at radius 2 is 1.87 bits per heavy atom. The molecule has 0 saturated carbocycles. The topological polar surface area (TPSA) is 117 Å². The Bertz CT molecular complexity index is 1300. The van der Waals surface area contributed by atoms with Crippen LogP contribution in [0.2, 0.25) is 0 Å². The van der Waals surface area contributed by atoms with Crippen molar-refractivity contribution >= 4 is 27.3 Å². The van der Waals surface area contributed by atoms with Crippen LogP contribution in [-0.4, -0.2) is 46.3 Å². The van der Waals surface area contributed by atoms with Crippen LogP contribution in [0.15, 0.2) is 40.0 Å². The maximum Gasteiger partial charge on any atom is 0.266 e. The number of aryl methyl sites for hydroxylation is 2. The Morgan fingerprint density at radius 1 is 1.16 bits per heavy atom. The van der Waals surface area contributed by atoms with Gasteiger partial charge in [0, 0.05) is 36.1 Å². The van der Waals surface area contributed by atoms with Crippen LogP contribution in [-0.2, 0) is 21.2 Å². The van der Waals surface area contributed by atoms with Crippen LogP contribution in [0.5, 0.6) is 0 Å². The summed E-state index contributed by atoms with van der Waals surface area (Å²) in [4.78, 5) is 29.0. The number of piperidine rings is 1. The van der Waals surface area contributed by atoms with Crippen molar-refractivity contribution in [1.82, 2.24) is 18.9 Å². The maximum absolute atomic E-state index is 13.1. The third kappa shape index (κ3) is 4.13. The van der Waals surface area contributed by atoms with Gasteiger partial charge in [-0.15, -0.1) is 0 Å². The lowest BCUT2D eigenvalue weighted by atomic mass is 10.1. The average molecular weight is 444 g/mol. The first-order chi connectivity index (χ1) is 14.8. The summed E-state index contributed by atoms with van der Waals surface area (Å²) >= 11 is 0. The molecule has 1 aliphatic rings. The maximum atomic E-state index is 13.1. The van der Waals surface area contributed by atoms with E-state index in [0.29, 0.717) is 35.7 Å². The number of H-pyrrole nitrogens is 1. The van der Waals surface area contributed by atoms with Gasteiger partial charge >= 0.3 is 0 Å². The number of hydrogen-bond acceptors (Lipinski definition) is 5. The van der Waals surface area contributed by atoms with E-state index in [9.17, 15) is 18.0 Å². The molecule has 10 heteroatoms. The molecule has 0 aliphatic carbocycles. The van der Waals surface area contributed by atoms with Crippen molar-refractivity contribution in [2.75, 3.05) is 18.4 Å². The molecule has 0 bridgehead atoms. The minimum Gasteiger partial charge on any atom is -0.325 e. The van der Waals surface area contributed by atoms with Crippen LogP contribution < -0.4 is 10.9 Å². The lowest BCUT2D eigenvalue weighted by molar-refractivity contribution is -0.115. The Hall–Kier alpha value is -2.98. The Morgan fingerprint density at radius 3 is 2.61 bits per heavy atom. The molecule has 1 saturated heterocycles. The number of benzene rings is 1. The van der Waals surface area contributed by atoms with E-state index in [2.05, 4.69) is 15.4 Å². The predicted octanol–water partition coefficient (Wildman–Crippen LogP) is 2.00. The molecule has 0 atom stereocenters. The fourth-order valence-corrected chi connectivity index (χ4v) is 5.67. The second-order valence-electron chi connectivity index (χ2n) is 7.76. The Kier molecular flexibility index (Phi) is 5.67. The minimum atomic E-state index is -3.69. The van der Waals surface area contributed by atoms with E-state index >= 15 is 0 Å². The summed E-state index contributed by atoms with van der Waals surface area (Å²) in [5.41, 5.74) is 2.50. The zero-order chi connectivity index (χ0) is 22.2. The van der Waals surface area contributed by atoms with Crippen molar-refractivity contribution in [3.8, 4) is 0 Å². The monoisotopic (exact) mass is 443 g/mol.